The van der Waals surface area contributed by atoms with Gasteiger partial charge < -0.3 is 74.8 Å². The molecule has 1 aromatic rings. The number of rotatable bonds is 22. The van der Waals surface area contributed by atoms with Crippen molar-refractivity contribution >= 4 is 17.8 Å². The molecule has 4 fully saturated rings. The second-order valence-electron chi connectivity index (χ2n) is 17.1. The lowest BCUT2D eigenvalue weighted by atomic mass is 9.75. The highest BCUT2D eigenvalue weighted by atomic mass is 16.7. The molecule has 0 bridgehead atoms. The molecule has 21 nitrogen and oxygen atoms in total. The number of aryl methyl sites for hydroxylation is 1. The van der Waals surface area contributed by atoms with Crippen LogP contribution < -0.4 is 10.6 Å². The van der Waals surface area contributed by atoms with Crippen molar-refractivity contribution < 1.29 is 78.6 Å². The summed E-state index contributed by atoms with van der Waals surface area (Å²) in [5.41, 5.74) is 0.767. The fraction of sp³-hybridized carbons (Fsp3) is 0.878. The highest BCUT2D eigenvalue weighted by Gasteiger charge is 2.53. The van der Waals surface area contributed by atoms with Crippen molar-refractivity contribution in [1.29, 1.82) is 0 Å². The van der Waals surface area contributed by atoms with E-state index in [2.05, 4.69) is 20.9 Å². The average molecular weight is 888 g/mol. The number of nitrogens with zero attached hydrogens (tertiary/aromatic N) is 3. The van der Waals surface area contributed by atoms with Crippen LogP contribution in [0.15, 0.2) is 6.20 Å². The Morgan fingerprint density at radius 1 is 0.952 bits per heavy atom. The van der Waals surface area contributed by atoms with Crippen molar-refractivity contribution in [3.63, 3.8) is 0 Å². The summed E-state index contributed by atoms with van der Waals surface area (Å²) in [4.78, 5) is 39.1. The van der Waals surface area contributed by atoms with Crippen molar-refractivity contribution in [2.75, 3.05) is 33.0 Å². The summed E-state index contributed by atoms with van der Waals surface area (Å²) >= 11 is 0. The maximum atomic E-state index is 13.8. The van der Waals surface area contributed by atoms with Crippen molar-refractivity contribution in [1.82, 2.24) is 25.6 Å². The first kappa shape index (κ1) is 50.1. The number of carboxylic acids is 1. The smallest absolute Gasteiger partial charge is 0.332 e. The summed E-state index contributed by atoms with van der Waals surface area (Å²) < 4.78 is 38.5. The Labute approximate surface area is 361 Å². The Balaban J connectivity index is 1.33. The van der Waals surface area contributed by atoms with Crippen LogP contribution in [0.25, 0.3) is 0 Å². The molecular formula is C41H69N5O16. The molecule has 2 aliphatic heterocycles. The Morgan fingerprint density at radius 3 is 2.39 bits per heavy atom. The van der Waals surface area contributed by atoms with E-state index in [-0.39, 0.29) is 44.4 Å². The zero-order valence-electron chi connectivity index (χ0n) is 36.0. The predicted molar refractivity (Wildman–Crippen MR) is 215 cm³/mol. The third-order valence-corrected chi connectivity index (χ3v) is 12.5. The van der Waals surface area contributed by atoms with E-state index < -0.39 is 110 Å². The van der Waals surface area contributed by atoms with E-state index in [1.54, 1.807) is 10.9 Å². The lowest BCUT2D eigenvalue weighted by molar-refractivity contribution is -0.338. The zero-order valence-corrected chi connectivity index (χ0v) is 36.0. The maximum absolute atomic E-state index is 13.8. The van der Waals surface area contributed by atoms with Crippen LogP contribution in [0.1, 0.15) is 90.7 Å². The molecule has 0 aromatic carbocycles. The lowest BCUT2D eigenvalue weighted by Crippen LogP contribution is -2.67. The Hall–Kier alpha value is -2.93. The quantitative estimate of drug-likeness (QED) is 0.0616. The molecular weight excluding hydrogens is 818 g/mol. The number of aliphatic carboxylic acids is 1. The summed E-state index contributed by atoms with van der Waals surface area (Å²) in [7, 11) is 0. The zero-order chi connectivity index (χ0) is 44.9. The van der Waals surface area contributed by atoms with E-state index in [4.69, 9.17) is 33.5 Å². The molecule has 9 unspecified atom stereocenters. The number of ether oxygens (including phenoxy) is 6. The third kappa shape index (κ3) is 13.6. The summed E-state index contributed by atoms with van der Waals surface area (Å²) in [6, 6.07) is -1.30. The molecule has 9 N–H and O–H groups in total. The highest BCUT2D eigenvalue weighted by Crippen LogP contribution is 2.40. The fourth-order valence-corrected chi connectivity index (χ4v) is 9.05. The number of carbonyl (C=O) groups is 3. The van der Waals surface area contributed by atoms with Gasteiger partial charge in [0.05, 0.1) is 50.4 Å². The molecule has 2 amide bonds. The molecule has 1 aromatic heterocycles. The summed E-state index contributed by atoms with van der Waals surface area (Å²) in [5.74, 6) is -3.10. The van der Waals surface area contributed by atoms with Gasteiger partial charge >= 0.3 is 5.97 Å². The average Bonchev–Trinajstić information content (AvgIpc) is 3.71. The van der Waals surface area contributed by atoms with Crippen molar-refractivity contribution in [3.05, 3.63) is 11.9 Å². The van der Waals surface area contributed by atoms with Gasteiger partial charge in [0.1, 0.15) is 42.7 Å². The number of carbonyl (C=O) groups excluding carboxylic acids is 2. The van der Waals surface area contributed by atoms with Gasteiger partial charge in [0, 0.05) is 32.2 Å². The van der Waals surface area contributed by atoms with E-state index >= 15 is 0 Å². The molecule has 4 aliphatic rings. The van der Waals surface area contributed by atoms with Crippen LogP contribution in [0.2, 0.25) is 0 Å². The topological polar surface area (TPSA) is 303 Å². The largest absolute Gasteiger partial charge is 0.479 e. The predicted octanol–water partition coefficient (Wildman–Crippen LogP) is -1.24. The van der Waals surface area contributed by atoms with E-state index in [0.29, 0.717) is 38.8 Å². The van der Waals surface area contributed by atoms with Gasteiger partial charge in [0.2, 0.25) is 11.8 Å². The summed E-state index contributed by atoms with van der Waals surface area (Å²) in [6.07, 6.45) is -7.50. The first-order valence-corrected chi connectivity index (χ1v) is 22.2. The number of aliphatic hydroxyl groups is 6. The van der Waals surface area contributed by atoms with E-state index in [0.717, 1.165) is 37.8 Å². The molecule has 62 heavy (non-hydrogen) atoms. The van der Waals surface area contributed by atoms with E-state index in [1.165, 1.54) is 13.8 Å². The van der Waals surface area contributed by atoms with Gasteiger partial charge in [-0.15, -0.1) is 5.10 Å². The van der Waals surface area contributed by atoms with Crippen LogP contribution in [0.3, 0.4) is 0 Å². The van der Waals surface area contributed by atoms with Crippen LogP contribution in [0.4, 0.5) is 0 Å². The molecule has 354 valence electrons. The van der Waals surface area contributed by atoms with Crippen LogP contribution in [0.5, 0.6) is 0 Å². The Bertz CT molecular complexity index is 1540. The van der Waals surface area contributed by atoms with Gasteiger partial charge in [0.15, 0.2) is 18.7 Å². The van der Waals surface area contributed by atoms with Crippen molar-refractivity contribution in [2.45, 2.75) is 178 Å². The molecule has 15 atom stereocenters. The number of amides is 2. The number of hydrogen-bond acceptors (Lipinski definition) is 17. The number of aromatic nitrogens is 3. The number of hydrogen-bond donors (Lipinski definition) is 9. The molecule has 21 heteroatoms. The van der Waals surface area contributed by atoms with Gasteiger partial charge in [-0.3, -0.25) is 9.59 Å². The molecule has 3 heterocycles. The van der Waals surface area contributed by atoms with E-state index in [9.17, 15) is 45.0 Å². The van der Waals surface area contributed by atoms with Crippen LogP contribution in [0, 0.1) is 17.8 Å². The molecule has 2 aliphatic carbocycles. The molecule has 0 spiro atoms. The first-order valence-electron chi connectivity index (χ1n) is 22.2. The molecule has 5 rings (SSSR count). The van der Waals surface area contributed by atoms with Crippen LogP contribution >= 0.6 is 0 Å². The van der Waals surface area contributed by atoms with Gasteiger partial charge in [0.25, 0.3) is 0 Å². The standard InChI is InChI=1S/C41H69N5O16/c1-4-25-18-26(38(54)42-12-15-57-16-13-46-20-27(44-45-46)11-8-14-47)19-28(36(25)62-41-35(53)34(52)32(50)22(2)58-41)60-40-31(43-23(3)49)37(33(51)30(21-48)61-40)59-29(39(55)56)17-24-9-6-5-7-10-24/h20,22,24-26,28-37,40-41,47-48,50-53H,4-19,21H2,1-3H3,(H,42,54)(H,43,49)(H,55,56)/t22?,25?,26?,28-,29+,30?,31?,32-,33+,34?,35?,36?,37?,40-,41+/m1/s1. The number of aliphatic hydroxyl groups excluding tert-OH is 6. The van der Waals surface area contributed by atoms with Crippen LogP contribution in [-0.2, 0) is 55.8 Å². The van der Waals surface area contributed by atoms with Gasteiger partial charge in [-0.25, -0.2) is 9.48 Å². The maximum Gasteiger partial charge on any atom is 0.332 e. The third-order valence-electron chi connectivity index (χ3n) is 12.5. The first-order chi connectivity index (χ1) is 29.7. The van der Waals surface area contributed by atoms with Crippen molar-refractivity contribution in [3.8, 4) is 0 Å². The SMILES string of the molecule is CCC1CC(C(=O)NCCOCCn2cc(CCCO)nn2)C[C@@H](O[C@@H]2OC(CO)[C@H](O)C(O[C@@H](CC3CCCCC3)C(=O)O)C2NC(C)=O)C1O[C@@H]1OC(C)[C@@H](O)C(O)C1O. The normalized spacial score (nSPS) is 35.0. The monoisotopic (exact) mass is 887 g/mol. The van der Waals surface area contributed by atoms with Gasteiger partial charge in [-0.05, 0) is 50.9 Å². The van der Waals surface area contributed by atoms with E-state index in [1.807, 2.05) is 6.92 Å². The second kappa shape index (κ2) is 24.4. The second-order valence-corrected chi connectivity index (χ2v) is 17.1. The number of carboxylic acid groups (broad SMARTS) is 1. The van der Waals surface area contributed by atoms with Crippen molar-refractivity contribution in [2.24, 2.45) is 17.8 Å². The fourth-order valence-electron chi connectivity index (χ4n) is 9.05. The summed E-state index contributed by atoms with van der Waals surface area (Å²) in [5, 5.41) is 86.8. The Kier molecular flexibility index (Phi) is 19.7. The number of nitrogens with one attached hydrogen (secondary N) is 2. The van der Waals surface area contributed by atoms with Gasteiger partial charge in [-0.2, -0.15) is 0 Å². The molecule has 2 saturated heterocycles. The summed E-state index contributed by atoms with van der Waals surface area (Å²) in [6.45, 7) is 5.13. The lowest BCUT2D eigenvalue weighted by Gasteiger charge is -2.49. The molecule has 2 saturated carbocycles. The van der Waals surface area contributed by atoms with Crippen LogP contribution in [-0.4, -0.2) is 181 Å². The minimum atomic E-state index is -1.65. The minimum absolute atomic E-state index is 0.0201. The van der Waals surface area contributed by atoms with Gasteiger partial charge in [-0.1, -0.05) is 50.7 Å². The minimum Gasteiger partial charge on any atom is -0.479 e. The Morgan fingerprint density at radius 2 is 1.71 bits per heavy atom. The highest BCUT2D eigenvalue weighted by molar-refractivity contribution is 5.78. The molecule has 0 radical (unpaired) electrons.